The van der Waals surface area contributed by atoms with Crippen LogP contribution in [0.1, 0.15) is 83.6 Å². The number of aldehydes is 1. The summed E-state index contributed by atoms with van der Waals surface area (Å²) in [4.78, 5) is 24.5. The van der Waals surface area contributed by atoms with Crippen molar-refractivity contribution in [1.82, 2.24) is 5.32 Å². The lowest BCUT2D eigenvalue weighted by atomic mass is 9.45. The average molecular weight is 551 g/mol. The Balaban J connectivity index is 1.03. The highest BCUT2D eigenvalue weighted by atomic mass is 16.5. The van der Waals surface area contributed by atoms with Crippen molar-refractivity contribution in [1.29, 1.82) is 0 Å². The third-order valence-corrected chi connectivity index (χ3v) is 11.9. The fourth-order valence-electron chi connectivity index (χ4n) is 9.74. The number of hydrogen-bond acceptors (Lipinski definition) is 6. The lowest BCUT2D eigenvalue weighted by Gasteiger charge is -2.60. The van der Waals surface area contributed by atoms with Crippen molar-refractivity contribution >= 4 is 23.5 Å². The van der Waals surface area contributed by atoms with Crippen LogP contribution in [0.15, 0.2) is 23.8 Å². The van der Waals surface area contributed by atoms with E-state index in [2.05, 4.69) is 19.2 Å². The predicted molar refractivity (Wildman–Crippen MR) is 154 cm³/mol. The maximum atomic E-state index is 12.8. The van der Waals surface area contributed by atoms with Crippen LogP contribution in [0.25, 0.3) is 5.57 Å². The third kappa shape index (κ3) is 4.77. The molecule has 0 saturated heterocycles. The molecule has 40 heavy (non-hydrogen) atoms. The van der Waals surface area contributed by atoms with E-state index in [1.807, 2.05) is 6.07 Å². The highest BCUT2D eigenvalue weighted by Gasteiger charge is 2.60. The molecule has 4 saturated carbocycles. The maximum Gasteiger partial charge on any atom is 0.246 e. The van der Waals surface area contributed by atoms with E-state index in [1.165, 1.54) is 38.5 Å². The van der Waals surface area contributed by atoms with Gasteiger partial charge in [0.25, 0.3) is 0 Å². The summed E-state index contributed by atoms with van der Waals surface area (Å²) in [6.45, 7) is 5.68. The molecule has 7 nitrogen and oxygen atoms in total. The average Bonchev–Trinajstić information content (AvgIpc) is 3.28. The molecule has 0 spiro atoms. The Kier molecular flexibility index (Phi) is 7.49. The second kappa shape index (κ2) is 10.8. The normalized spacial score (nSPS) is 38.4. The number of anilines is 1. The predicted octanol–water partition coefficient (Wildman–Crippen LogP) is 4.91. The van der Waals surface area contributed by atoms with Gasteiger partial charge in [-0.2, -0.15) is 0 Å². The number of aliphatic hydroxyl groups excluding tert-OH is 1. The molecule has 1 aromatic rings. The number of nitrogens with one attached hydrogen (secondary N) is 1. The number of amides is 1. The topological polar surface area (TPSA) is 111 Å². The smallest absolute Gasteiger partial charge is 0.246 e. The SMILES string of the molecule is C[C@]12CC[C@@H](O)C[C@@H]1CC[C@@H]1[C@@H]2CC[C@]2(C)[C@@H](OCC(=O)NCCC3=C(C=O)COc4cc(N)ccc43)CC[C@@H]12. The van der Waals surface area contributed by atoms with E-state index in [-0.39, 0.29) is 36.7 Å². The molecular weight excluding hydrogens is 504 g/mol. The first kappa shape index (κ1) is 27.8. The van der Waals surface area contributed by atoms with Crippen LogP contribution in [0.4, 0.5) is 5.69 Å². The van der Waals surface area contributed by atoms with Gasteiger partial charge in [-0.3, -0.25) is 9.59 Å². The van der Waals surface area contributed by atoms with Crippen LogP contribution in [0.5, 0.6) is 5.75 Å². The van der Waals surface area contributed by atoms with Crippen molar-refractivity contribution in [3.05, 3.63) is 29.3 Å². The van der Waals surface area contributed by atoms with Crippen LogP contribution in [0.3, 0.4) is 0 Å². The Morgan fingerprint density at radius 2 is 1.93 bits per heavy atom. The zero-order valence-electron chi connectivity index (χ0n) is 24.1. The number of nitrogen functional groups attached to an aromatic ring is 1. The first-order valence-corrected chi connectivity index (χ1v) is 15.5. The molecule has 5 aliphatic rings. The minimum Gasteiger partial charge on any atom is -0.488 e. The largest absolute Gasteiger partial charge is 0.488 e. The molecule has 4 fully saturated rings. The minimum atomic E-state index is -0.104. The monoisotopic (exact) mass is 550 g/mol. The standard InChI is InChI=1S/C33H46N2O5/c1-32-12-9-23(37)15-21(32)3-5-26-27-7-8-30(33(27,2)13-10-28(26)32)40-19-31(38)35-14-11-24-20(17-36)18-39-29-16-22(34)4-6-25(24)29/h4,6,16-17,21,23,26-28,30,37H,3,5,7-15,18-19,34H2,1-2H3,(H,35,38)/t21-,23+,26-,27-,28-,30-,32-,33-/m0/s1. The molecule has 1 aromatic carbocycles. The third-order valence-electron chi connectivity index (χ3n) is 11.9. The molecule has 6 rings (SSSR count). The van der Waals surface area contributed by atoms with E-state index < -0.39 is 0 Å². The summed E-state index contributed by atoms with van der Waals surface area (Å²) in [5.74, 6) is 3.42. The van der Waals surface area contributed by atoms with Crippen LogP contribution in [0, 0.1) is 34.5 Å². The molecule has 4 N–H and O–H groups in total. The minimum absolute atomic E-state index is 0.0779. The molecule has 7 heteroatoms. The summed E-state index contributed by atoms with van der Waals surface area (Å²) in [5.41, 5.74) is 9.39. The molecule has 218 valence electrons. The number of ether oxygens (including phenoxy) is 2. The van der Waals surface area contributed by atoms with E-state index >= 15 is 0 Å². The number of rotatable bonds is 7. The molecule has 0 unspecified atom stereocenters. The first-order valence-electron chi connectivity index (χ1n) is 15.5. The van der Waals surface area contributed by atoms with Crippen molar-refractivity contribution in [2.75, 3.05) is 25.5 Å². The van der Waals surface area contributed by atoms with Gasteiger partial charge < -0.3 is 25.6 Å². The van der Waals surface area contributed by atoms with Crippen molar-refractivity contribution < 1.29 is 24.2 Å². The molecule has 0 bridgehead atoms. The van der Waals surface area contributed by atoms with Gasteiger partial charge in [-0.05, 0) is 116 Å². The number of hydrogen-bond donors (Lipinski definition) is 3. The quantitative estimate of drug-likeness (QED) is 0.329. The molecule has 8 atom stereocenters. The second-order valence-electron chi connectivity index (χ2n) is 13.8. The lowest BCUT2D eigenvalue weighted by Crippen LogP contribution is -2.54. The number of fused-ring (bicyclic) bond motifs is 6. The summed E-state index contributed by atoms with van der Waals surface area (Å²) in [5, 5.41) is 13.3. The van der Waals surface area contributed by atoms with Crippen LogP contribution in [0.2, 0.25) is 0 Å². The van der Waals surface area contributed by atoms with Gasteiger partial charge in [0.05, 0.1) is 12.2 Å². The summed E-state index contributed by atoms with van der Waals surface area (Å²) < 4.78 is 12.1. The highest BCUT2D eigenvalue weighted by molar-refractivity contribution is 5.91. The van der Waals surface area contributed by atoms with Gasteiger partial charge in [-0.25, -0.2) is 0 Å². The Morgan fingerprint density at radius 3 is 2.75 bits per heavy atom. The fraction of sp³-hybridized carbons (Fsp3) is 0.697. The van der Waals surface area contributed by atoms with Gasteiger partial charge in [0.2, 0.25) is 5.91 Å². The maximum absolute atomic E-state index is 12.8. The highest BCUT2D eigenvalue weighted by Crippen LogP contribution is 2.66. The molecule has 4 aliphatic carbocycles. The van der Waals surface area contributed by atoms with E-state index in [0.29, 0.717) is 47.2 Å². The zero-order chi connectivity index (χ0) is 28.1. The van der Waals surface area contributed by atoms with E-state index in [4.69, 9.17) is 15.2 Å². The number of benzene rings is 1. The number of nitrogens with two attached hydrogens (primary N) is 1. The molecule has 0 aromatic heterocycles. The molecule has 0 radical (unpaired) electrons. The summed E-state index contributed by atoms with van der Waals surface area (Å²) in [7, 11) is 0. The van der Waals surface area contributed by atoms with Crippen LogP contribution in [-0.2, 0) is 14.3 Å². The Bertz CT molecular complexity index is 1180. The van der Waals surface area contributed by atoms with Gasteiger partial charge in [-0.15, -0.1) is 0 Å². The zero-order valence-corrected chi connectivity index (χ0v) is 24.1. The summed E-state index contributed by atoms with van der Waals surface area (Å²) in [6.07, 6.45) is 11.7. The molecule has 1 aliphatic heterocycles. The second-order valence-corrected chi connectivity index (χ2v) is 13.8. The first-order chi connectivity index (χ1) is 19.2. The van der Waals surface area contributed by atoms with Crippen molar-refractivity contribution in [2.45, 2.75) is 90.3 Å². The van der Waals surface area contributed by atoms with Gasteiger partial charge in [0.1, 0.15) is 25.2 Å². The lowest BCUT2D eigenvalue weighted by molar-refractivity contribution is -0.147. The molecule has 1 heterocycles. The van der Waals surface area contributed by atoms with Crippen molar-refractivity contribution in [2.24, 2.45) is 34.5 Å². The van der Waals surface area contributed by atoms with Crippen LogP contribution in [-0.4, -0.2) is 49.3 Å². The Morgan fingerprint density at radius 1 is 1.12 bits per heavy atom. The van der Waals surface area contributed by atoms with Crippen molar-refractivity contribution in [3.8, 4) is 5.75 Å². The Labute approximate surface area is 238 Å². The van der Waals surface area contributed by atoms with Gasteiger partial charge >= 0.3 is 0 Å². The van der Waals surface area contributed by atoms with E-state index in [9.17, 15) is 14.7 Å². The molecule has 1 amide bonds. The van der Waals surface area contributed by atoms with Gasteiger partial charge in [-0.1, -0.05) is 13.8 Å². The molecular formula is C33H46N2O5. The van der Waals surface area contributed by atoms with Crippen LogP contribution >= 0.6 is 0 Å². The van der Waals surface area contributed by atoms with Crippen LogP contribution < -0.4 is 15.8 Å². The number of aliphatic hydroxyl groups is 1. The van der Waals surface area contributed by atoms with Gasteiger partial charge in [0, 0.05) is 29.4 Å². The van der Waals surface area contributed by atoms with Crippen molar-refractivity contribution in [3.63, 3.8) is 0 Å². The van der Waals surface area contributed by atoms with Gasteiger partial charge in [0.15, 0.2) is 0 Å². The number of carbonyl (C=O) groups is 2. The van der Waals surface area contributed by atoms with E-state index in [0.717, 1.165) is 48.5 Å². The summed E-state index contributed by atoms with van der Waals surface area (Å²) in [6, 6.07) is 5.46. The Hall–Kier alpha value is -2.38. The number of carbonyl (C=O) groups excluding carboxylic acids is 2. The van der Waals surface area contributed by atoms with E-state index in [1.54, 1.807) is 12.1 Å². The fourth-order valence-corrected chi connectivity index (χ4v) is 9.74. The summed E-state index contributed by atoms with van der Waals surface area (Å²) >= 11 is 0.